The third kappa shape index (κ3) is 8.91. The van der Waals surface area contributed by atoms with E-state index in [-0.39, 0.29) is 31.8 Å². The molecule has 2 fully saturated rings. The molecule has 1 amide bonds. The Morgan fingerprint density at radius 3 is 1.75 bits per heavy atom. The molecule has 0 radical (unpaired) electrons. The standard InChI is InChI=1S/C23H23FN6O3S2.C12H15N5O2S2/c1-16(30-10-9-19-20(24)3-2-4-21(19)30)22(31)29-13-11-28(12-14-29)17-5-7-18(8-6-17)35(32,33)27-23-25-15-26-34-23;18-21(19,16-12-14-9-15-20-12)11-3-1-10(2-4-11)17-7-5-13-6-8-17/h2-10,15-16H,11-14H2,1H3,(H,25,26,27);1-4,9,13H,5-8H2,(H,14,15,16)/t16-;/m1./s1. The summed E-state index contributed by atoms with van der Waals surface area (Å²) in [5.41, 5.74) is 2.61. The molecule has 3 aromatic heterocycles. The number of benzene rings is 3. The summed E-state index contributed by atoms with van der Waals surface area (Å²) in [5.74, 6) is -0.320. The molecule has 0 aliphatic carbocycles. The smallest absolute Gasteiger partial charge is 0.263 e. The Balaban J connectivity index is 0.000000195. The van der Waals surface area contributed by atoms with Gasteiger partial charge in [0.2, 0.25) is 16.2 Å². The van der Waals surface area contributed by atoms with E-state index < -0.39 is 26.1 Å². The van der Waals surface area contributed by atoms with E-state index >= 15 is 0 Å². The van der Waals surface area contributed by atoms with Gasteiger partial charge in [-0.25, -0.2) is 31.2 Å². The summed E-state index contributed by atoms with van der Waals surface area (Å²) in [4.78, 5) is 27.3. The molecule has 0 unspecified atom stereocenters. The van der Waals surface area contributed by atoms with Crippen LogP contribution >= 0.6 is 23.1 Å². The van der Waals surface area contributed by atoms with Gasteiger partial charge in [0.1, 0.15) is 24.5 Å². The quantitative estimate of drug-likeness (QED) is 0.180. The lowest BCUT2D eigenvalue weighted by Crippen LogP contribution is -2.50. The van der Waals surface area contributed by atoms with Crippen LogP contribution in [0.1, 0.15) is 13.0 Å². The van der Waals surface area contributed by atoms with Crippen molar-refractivity contribution in [2.24, 2.45) is 0 Å². The zero-order valence-corrected chi connectivity index (χ0v) is 33.3. The Hall–Kier alpha value is -5.22. The fraction of sp³-hybridized carbons (Fsp3) is 0.286. The van der Waals surface area contributed by atoms with E-state index in [1.165, 1.54) is 18.7 Å². The lowest BCUT2D eigenvalue weighted by atomic mass is 10.2. The van der Waals surface area contributed by atoms with Gasteiger partial charge in [-0.05, 0) is 73.7 Å². The van der Waals surface area contributed by atoms with Crippen LogP contribution in [0.15, 0.2) is 101 Å². The second-order valence-corrected chi connectivity index (χ2v) is 17.7. The van der Waals surface area contributed by atoms with Gasteiger partial charge in [-0.15, -0.1) is 0 Å². The van der Waals surface area contributed by atoms with Crippen LogP contribution in [0.4, 0.5) is 26.0 Å². The normalized spacial score (nSPS) is 15.6. The van der Waals surface area contributed by atoms with Crippen molar-refractivity contribution in [2.75, 3.05) is 71.6 Å². The zero-order valence-electron chi connectivity index (χ0n) is 30.0. The van der Waals surface area contributed by atoms with Gasteiger partial charge in [-0.2, -0.15) is 8.75 Å². The average molecular weight is 840 g/mol. The van der Waals surface area contributed by atoms with Gasteiger partial charge < -0.3 is 24.6 Å². The Morgan fingerprint density at radius 1 is 0.732 bits per heavy atom. The van der Waals surface area contributed by atoms with E-state index in [9.17, 15) is 26.0 Å². The summed E-state index contributed by atoms with van der Waals surface area (Å²) >= 11 is 1.97. The Bertz CT molecular complexity index is 2450. The lowest BCUT2D eigenvalue weighted by molar-refractivity contribution is -0.134. The van der Waals surface area contributed by atoms with Gasteiger partial charge in [0.15, 0.2) is 0 Å². The first-order valence-electron chi connectivity index (χ1n) is 17.5. The van der Waals surface area contributed by atoms with Crippen LogP contribution in [0.5, 0.6) is 0 Å². The number of anilines is 4. The number of carbonyl (C=O) groups excluding carboxylic acids is 1. The number of halogens is 1. The van der Waals surface area contributed by atoms with E-state index in [0.717, 1.165) is 60.6 Å². The van der Waals surface area contributed by atoms with Crippen LogP contribution in [0.2, 0.25) is 0 Å². The average Bonchev–Trinajstić information content (AvgIpc) is 4.02. The summed E-state index contributed by atoms with van der Waals surface area (Å²) in [5, 5.41) is 4.26. The lowest BCUT2D eigenvalue weighted by Gasteiger charge is -2.37. The monoisotopic (exact) mass is 839 g/mol. The molecule has 2 aliphatic heterocycles. The van der Waals surface area contributed by atoms with Crippen LogP contribution in [0.3, 0.4) is 0 Å². The highest BCUT2D eigenvalue weighted by molar-refractivity contribution is 7.93. The number of carbonyl (C=O) groups is 1. The highest BCUT2D eigenvalue weighted by atomic mass is 32.2. The van der Waals surface area contributed by atoms with Gasteiger partial charge in [-0.3, -0.25) is 14.2 Å². The fourth-order valence-corrected chi connectivity index (χ4v) is 9.76. The van der Waals surface area contributed by atoms with Crippen molar-refractivity contribution in [3.8, 4) is 0 Å². The summed E-state index contributed by atoms with van der Waals surface area (Å²) in [6.07, 6.45) is 4.36. The molecule has 5 heterocycles. The van der Waals surface area contributed by atoms with Gasteiger partial charge in [0, 0.05) is 98.4 Å². The predicted octanol–water partition coefficient (Wildman–Crippen LogP) is 4.09. The number of hydrogen-bond donors (Lipinski definition) is 3. The molecule has 0 spiro atoms. The fourth-order valence-electron chi connectivity index (χ4n) is 6.44. The maximum atomic E-state index is 14.0. The molecule has 56 heavy (non-hydrogen) atoms. The number of sulfonamides is 2. The van der Waals surface area contributed by atoms with Crippen LogP contribution in [-0.2, 0) is 24.8 Å². The van der Waals surface area contributed by atoms with E-state index in [2.05, 4.69) is 43.3 Å². The maximum absolute atomic E-state index is 14.0. The van der Waals surface area contributed by atoms with E-state index in [1.54, 1.807) is 54.7 Å². The SMILES string of the molecule is C[C@H](C(=O)N1CCN(c2ccc(S(=O)(=O)Nc3ncns3)cc2)CC1)n1ccc2c(F)cccc21.O=S(=O)(Nc1ncns1)c1ccc(N2CCNCC2)cc1. The first-order valence-corrected chi connectivity index (χ1v) is 22.0. The van der Waals surface area contributed by atoms with Crippen LogP contribution in [0.25, 0.3) is 10.9 Å². The largest absolute Gasteiger partial charge is 0.369 e. The van der Waals surface area contributed by atoms with Crippen LogP contribution in [-0.4, -0.2) is 103 Å². The molecule has 3 aromatic carbocycles. The molecule has 21 heteroatoms. The second kappa shape index (κ2) is 16.9. The summed E-state index contributed by atoms with van der Waals surface area (Å²) < 4.78 is 77.6. The third-order valence-electron chi connectivity index (χ3n) is 9.38. The van der Waals surface area contributed by atoms with Crippen LogP contribution < -0.4 is 24.6 Å². The molecule has 2 aliphatic rings. The molecule has 6 aromatic rings. The third-order valence-corrected chi connectivity index (χ3v) is 13.5. The van der Waals surface area contributed by atoms with E-state index in [0.29, 0.717) is 37.1 Å². The van der Waals surface area contributed by atoms with Crippen molar-refractivity contribution in [2.45, 2.75) is 22.8 Å². The second-order valence-electron chi connectivity index (χ2n) is 12.8. The molecular formula is C35H38FN11O5S4. The summed E-state index contributed by atoms with van der Waals surface area (Å²) in [6, 6.07) is 19.6. The molecule has 8 rings (SSSR count). The number of piperazine rings is 2. The summed E-state index contributed by atoms with van der Waals surface area (Å²) in [7, 11) is -7.34. The van der Waals surface area contributed by atoms with Crippen LogP contribution in [0, 0.1) is 5.82 Å². The number of aromatic nitrogens is 5. The molecule has 294 valence electrons. The number of rotatable bonds is 10. The predicted molar refractivity (Wildman–Crippen MR) is 215 cm³/mol. The molecule has 0 saturated carbocycles. The number of nitrogens with one attached hydrogen (secondary N) is 3. The first kappa shape index (κ1) is 39.0. The summed E-state index contributed by atoms with van der Waals surface area (Å²) in [6.45, 7) is 7.88. The van der Waals surface area contributed by atoms with Crippen molar-refractivity contribution in [1.29, 1.82) is 0 Å². The van der Waals surface area contributed by atoms with E-state index in [4.69, 9.17) is 0 Å². The molecular weight excluding hydrogens is 802 g/mol. The topological polar surface area (TPSA) is 188 Å². The Kier molecular flexibility index (Phi) is 11.8. The Labute approximate surface area is 331 Å². The minimum atomic E-state index is -3.74. The number of hydrogen-bond acceptors (Lipinski definition) is 14. The zero-order chi connectivity index (χ0) is 39.3. The van der Waals surface area contributed by atoms with Crippen molar-refractivity contribution in [3.05, 3.63) is 97.5 Å². The molecule has 2 saturated heterocycles. The molecule has 16 nitrogen and oxygen atoms in total. The first-order chi connectivity index (χ1) is 27.0. The number of fused-ring (bicyclic) bond motifs is 1. The van der Waals surface area contributed by atoms with Gasteiger partial charge in [-0.1, -0.05) is 6.07 Å². The minimum Gasteiger partial charge on any atom is -0.369 e. The van der Waals surface area contributed by atoms with Gasteiger partial charge >= 0.3 is 0 Å². The van der Waals surface area contributed by atoms with Crippen molar-refractivity contribution < 1.29 is 26.0 Å². The van der Waals surface area contributed by atoms with Crippen molar-refractivity contribution in [1.82, 2.24) is 33.5 Å². The number of nitrogens with zero attached hydrogens (tertiary/aromatic N) is 8. The van der Waals surface area contributed by atoms with Crippen molar-refractivity contribution in [3.63, 3.8) is 0 Å². The minimum absolute atomic E-state index is 0.0180. The molecule has 0 bridgehead atoms. The van der Waals surface area contributed by atoms with Gasteiger partial charge in [0.25, 0.3) is 20.0 Å². The van der Waals surface area contributed by atoms with Crippen molar-refractivity contribution >= 4 is 81.6 Å². The maximum Gasteiger partial charge on any atom is 0.263 e. The highest BCUT2D eigenvalue weighted by Crippen LogP contribution is 2.26. The Morgan fingerprint density at radius 2 is 1.25 bits per heavy atom. The molecule has 3 N–H and O–H groups in total. The molecule has 1 atom stereocenters. The van der Waals surface area contributed by atoms with Gasteiger partial charge in [0.05, 0.1) is 15.3 Å². The van der Waals surface area contributed by atoms with E-state index in [1.807, 2.05) is 34.6 Å². The number of amides is 1. The highest BCUT2D eigenvalue weighted by Gasteiger charge is 2.27.